The van der Waals surface area contributed by atoms with Gasteiger partial charge in [-0.3, -0.25) is 0 Å². The summed E-state index contributed by atoms with van der Waals surface area (Å²) in [6.45, 7) is 1.38. The van der Waals surface area contributed by atoms with Gasteiger partial charge in [-0.15, -0.1) is 0 Å². The van der Waals surface area contributed by atoms with Crippen LogP contribution >= 0.6 is 12.2 Å². The summed E-state index contributed by atoms with van der Waals surface area (Å²) >= 11 is 5.61. The van der Waals surface area contributed by atoms with E-state index in [-0.39, 0.29) is 23.7 Å². The Morgan fingerprint density at radius 2 is 2.28 bits per heavy atom. The normalized spacial score (nSPS) is 24.8. The zero-order chi connectivity index (χ0) is 17.9. The molecule has 6 nitrogen and oxygen atoms in total. The highest BCUT2D eigenvalue weighted by Gasteiger charge is 2.35. The number of benzene rings is 1. The molecule has 2 aliphatic rings. The number of sulfone groups is 1. The van der Waals surface area contributed by atoms with E-state index in [0.717, 1.165) is 30.9 Å². The van der Waals surface area contributed by atoms with Crippen molar-refractivity contribution in [3.8, 4) is 5.75 Å². The van der Waals surface area contributed by atoms with Crippen molar-refractivity contribution < 1.29 is 17.9 Å². The van der Waals surface area contributed by atoms with Gasteiger partial charge in [-0.25, -0.2) is 8.42 Å². The van der Waals surface area contributed by atoms with Gasteiger partial charge < -0.3 is 19.7 Å². The Labute approximate surface area is 154 Å². The van der Waals surface area contributed by atoms with E-state index in [1.165, 1.54) is 0 Å². The molecule has 0 aromatic heterocycles. The highest BCUT2D eigenvalue weighted by Crippen LogP contribution is 2.23. The topological polar surface area (TPSA) is 67.9 Å². The van der Waals surface area contributed by atoms with Gasteiger partial charge in [0.1, 0.15) is 5.75 Å². The van der Waals surface area contributed by atoms with E-state index in [9.17, 15) is 8.42 Å². The fourth-order valence-electron chi connectivity index (χ4n) is 3.32. The van der Waals surface area contributed by atoms with Gasteiger partial charge in [-0.2, -0.15) is 0 Å². The van der Waals surface area contributed by atoms with E-state index in [2.05, 4.69) is 5.32 Å². The standard InChI is InChI=1S/C17H24N2O4S2/c1-22-15-5-2-4-13(10-15)18-17(24)19(11-16-6-3-8-23-16)14-7-9-25(20,21)12-14/h2,4-5,10,14,16H,3,6-9,11-12H2,1H3,(H,18,24)/t14-,16-/m0/s1. The zero-order valence-electron chi connectivity index (χ0n) is 14.3. The Balaban J connectivity index is 1.73. The maximum Gasteiger partial charge on any atom is 0.173 e. The van der Waals surface area contributed by atoms with Gasteiger partial charge in [0.15, 0.2) is 14.9 Å². The Kier molecular flexibility index (Phi) is 5.81. The number of hydrogen-bond donors (Lipinski definition) is 1. The second-order valence-corrected chi connectivity index (χ2v) is 9.12. The molecule has 0 bridgehead atoms. The predicted octanol–water partition coefficient (Wildman–Crippen LogP) is 2.06. The molecule has 0 radical (unpaired) electrons. The first-order valence-electron chi connectivity index (χ1n) is 8.50. The number of methoxy groups -OCH3 is 1. The van der Waals surface area contributed by atoms with Crippen LogP contribution in [0.25, 0.3) is 0 Å². The Morgan fingerprint density at radius 3 is 2.92 bits per heavy atom. The third kappa shape index (κ3) is 4.83. The molecule has 1 aromatic rings. The predicted molar refractivity (Wildman–Crippen MR) is 102 cm³/mol. The summed E-state index contributed by atoms with van der Waals surface area (Å²) in [6, 6.07) is 7.42. The van der Waals surface area contributed by atoms with Gasteiger partial charge >= 0.3 is 0 Å². The summed E-state index contributed by atoms with van der Waals surface area (Å²) in [5, 5.41) is 3.76. The van der Waals surface area contributed by atoms with Crippen LogP contribution in [-0.4, -0.2) is 62.3 Å². The Hall–Kier alpha value is -1.38. The Bertz CT molecular complexity index is 717. The molecule has 0 saturated carbocycles. The number of nitrogens with one attached hydrogen (secondary N) is 1. The maximum absolute atomic E-state index is 11.9. The molecule has 0 unspecified atom stereocenters. The summed E-state index contributed by atoms with van der Waals surface area (Å²) in [7, 11) is -1.37. The van der Waals surface area contributed by atoms with Crippen molar-refractivity contribution >= 4 is 32.9 Å². The molecule has 3 rings (SSSR count). The first-order valence-corrected chi connectivity index (χ1v) is 10.7. The highest BCUT2D eigenvalue weighted by molar-refractivity contribution is 7.91. The lowest BCUT2D eigenvalue weighted by atomic mass is 10.2. The van der Waals surface area contributed by atoms with Gasteiger partial charge in [0.05, 0.1) is 24.7 Å². The second-order valence-electron chi connectivity index (χ2n) is 6.51. The molecular formula is C17H24N2O4S2. The van der Waals surface area contributed by atoms with E-state index < -0.39 is 9.84 Å². The molecule has 2 fully saturated rings. The number of anilines is 1. The zero-order valence-corrected chi connectivity index (χ0v) is 15.9. The fourth-order valence-corrected chi connectivity index (χ4v) is 5.39. The van der Waals surface area contributed by atoms with Crippen LogP contribution in [0.3, 0.4) is 0 Å². The second kappa shape index (κ2) is 7.88. The van der Waals surface area contributed by atoms with Crippen molar-refractivity contribution in [1.82, 2.24) is 4.90 Å². The molecule has 138 valence electrons. The quantitative estimate of drug-likeness (QED) is 0.780. The van der Waals surface area contributed by atoms with E-state index in [1.54, 1.807) is 7.11 Å². The molecule has 0 aliphatic carbocycles. The minimum absolute atomic E-state index is 0.0974. The molecule has 2 aliphatic heterocycles. The summed E-state index contributed by atoms with van der Waals surface area (Å²) in [4.78, 5) is 2.00. The average molecular weight is 385 g/mol. The Morgan fingerprint density at radius 1 is 1.44 bits per heavy atom. The van der Waals surface area contributed by atoms with Crippen molar-refractivity contribution in [2.45, 2.75) is 31.4 Å². The third-order valence-electron chi connectivity index (χ3n) is 4.66. The van der Waals surface area contributed by atoms with Crippen LogP contribution in [0.5, 0.6) is 5.75 Å². The number of thiocarbonyl (C=S) groups is 1. The van der Waals surface area contributed by atoms with Crippen molar-refractivity contribution in [3.63, 3.8) is 0 Å². The van der Waals surface area contributed by atoms with Crippen LogP contribution < -0.4 is 10.1 Å². The van der Waals surface area contributed by atoms with Gasteiger partial charge in [0.25, 0.3) is 0 Å². The molecule has 8 heteroatoms. The molecule has 1 N–H and O–H groups in total. The number of nitrogens with zero attached hydrogens (tertiary/aromatic N) is 1. The van der Waals surface area contributed by atoms with Crippen LogP contribution in [0.15, 0.2) is 24.3 Å². The first-order chi connectivity index (χ1) is 12.0. The average Bonchev–Trinajstić information content (AvgIpc) is 3.21. The summed E-state index contributed by atoms with van der Waals surface area (Å²) in [5.41, 5.74) is 0.822. The van der Waals surface area contributed by atoms with Gasteiger partial charge in [-0.1, -0.05) is 6.07 Å². The smallest absolute Gasteiger partial charge is 0.173 e. The third-order valence-corrected chi connectivity index (χ3v) is 6.74. The van der Waals surface area contributed by atoms with Crippen LogP contribution in [0.1, 0.15) is 19.3 Å². The van der Waals surface area contributed by atoms with Crippen LogP contribution in [-0.2, 0) is 14.6 Å². The molecule has 0 spiro atoms. The number of ether oxygens (including phenoxy) is 2. The number of rotatable bonds is 5. The highest BCUT2D eigenvalue weighted by atomic mass is 32.2. The van der Waals surface area contributed by atoms with Crippen molar-refractivity contribution in [3.05, 3.63) is 24.3 Å². The van der Waals surface area contributed by atoms with Gasteiger partial charge in [0.2, 0.25) is 0 Å². The minimum atomic E-state index is -2.98. The maximum atomic E-state index is 11.9. The van der Waals surface area contributed by atoms with E-state index in [0.29, 0.717) is 18.1 Å². The summed E-state index contributed by atoms with van der Waals surface area (Å²) < 4.78 is 34.8. The first kappa shape index (κ1) is 18.4. The lowest BCUT2D eigenvalue weighted by Crippen LogP contribution is -2.47. The monoisotopic (exact) mass is 384 g/mol. The van der Waals surface area contributed by atoms with E-state index >= 15 is 0 Å². The van der Waals surface area contributed by atoms with Crippen LogP contribution in [0.2, 0.25) is 0 Å². The van der Waals surface area contributed by atoms with Crippen LogP contribution in [0, 0.1) is 0 Å². The fraction of sp³-hybridized carbons (Fsp3) is 0.588. The SMILES string of the molecule is COc1cccc(NC(=S)N(C[C@@H]2CCCO2)[C@H]2CCS(=O)(=O)C2)c1. The number of hydrogen-bond acceptors (Lipinski definition) is 5. The molecule has 25 heavy (non-hydrogen) atoms. The largest absolute Gasteiger partial charge is 0.497 e. The van der Waals surface area contributed by atoms with Crippen LogP contribution in [0.4, 0.5) is 5.69 Å². The van der Waals surface area contributed by atoms with E-state index in [4.69, 9.17) is 21.7 Å². The molecule has 2 heterocycles. The molecule has 2 saturated heterocycles. The van der Waals surface area contributed by atoms with Crippen molar-refractivity contribution in [2.75, 3.05) is 37.1 Å². The summed E-state index contributed by atoms with van der Waals surface area (Å²) in [5.74, 6) is 1.11. The molecule has 1 aromatic carbocycles. The van der Waals surface area contributed by atoms with Gasteiger partial charge in [0, 0.05) is 30.9 Å². The van der Waals surface area contributed by atoms with Crippen molar-refractivity contribution in [1.29, 1.82) is 0 Å². The van der Waals surface area contributed by atoms with E-state index in [1.807, 2.05) is 29.2 Å². The lowest BCUT2D eigenvalue weighted by Gasteiger charge is -2.33. The summed E-state index contributed by atoms with van der Waals surface area (Å²) in [6.07, 6.45) is 2.73. The molecular weight excluding hydrogens is 360 g/mol. The minimum Gasteiger partial charge on any atom is -0.497 e. The lowest BCUT2D eigenvalue weighted by molar-refractivity contribution is 0.0851. The van der Waals surface area contributed by atoms with Crippen molar-refractivity contribution in [2.24, 2.45) is 0 Å². The molecule has 2 atom stereocenters. The van der Waals surface area contributed by atoms with Gasteiger partial charge in [-0.05, 0) is 43.6 Å². The molecule has 0 amide bonds.